The molecule has 2 aromatic carbocycles. The van der Waals surface area contributed by atoms with E-state index in [4.69, 9.17) is 9.15 Å². The van der Waals surface area contributed by atoms with E-state index in [1.54, 1.807) is 17.9 Å². The van der Waals surface area contributed by atoms with Gasteiger partial charge in [0.15, 0.2) is 15.9 Å². The topological polar surface area (TPSA) is 87.5 Å². The van der Waals surface area contributed by atoms with Gasteiger partial charge in [-0.2, -0.15) is 0 Å². The van der Waals surface area contributed by atoms with Gasteiger partial charge in [-0.3, -0.25) is 9.20 Å². The minimum absolute atomic E-state index is 0.164. The van der Waals surface area contributed by atoms with Gasteiger partial charge >= 0.3 is 0 Å². The van der Waals surface area contributed by atoms with Crippen molar-refractivity contribution in [3.8, 4) is 22.2 Å². The Morgan fingerprint density at radius 1 is 1.09 bits per heavy atom. The minimum atomic E-state index is -0.164. The van der Waals surface area contributed by atoms with Crippen LogP contribution in [-0.4, -0.2) is 31.3 Å². The fourth-order valence-electron chi connectivity index (χ4n) is 3.78. The molecule has 0 N–H and O–H groups in total. The molecule has 6 aromatic rings. The van der Waals surface area contributed by atoms with Gasteiger partial charge in [0.2, 0.25) is 5.78 Å². The number of thiazole rings is 1. The normalized spacial score (nSPS) is 11.4. The Morgan fingerprint density at radius 2 is 2.00 bits per heavy atom. The number of hydrogen-bond acceptors (Lipinski definition) is 8. The smallest absolute Gasteiger partial charge is 0.267 e. The van der Waals surface area contributed by atoms with Gasteiger partial charge in [0.05, 0.1) is 35.7 Å². The number of para-hydroxylation sites is 1. The molecule has 0 saturated heterocycles. The fourth-order valence-corrected chi connectivity index (χ4v) is 5.50. The lowest BCUT2D eigenvalue weighted by Crippen LogP contribution is -2.21. The average Bonchev–Trinajstić information content (AvgIpc) is 3.64. The summed E-state index contributed by atoms with van der Waals surface area (Å²) in [5.41, 5.74) is 2.17. The molecule has 0 bridgehead atoms. The van der Waals surface area contributed by atoms with Crippen molar-refractivity contribution in [2.75, 3.05) is 7.11 Å². The first-order chi connectivity index (χ1) is 16.7. The quantitative estimate of drug-likeness (QED) is 0.304. The van der Waals surface area contributed by atoms with Gasteiger partial charge in [-0.1, -0.05) is 30.0 Å². The Morgan fingerprint density at radius 3 is 2.85 bits per heavy atom. The number of hydrogen-bond donors (Lipinski definition) is 0. The number of ether oxygens (including phenoxy) is 1. The van der Waals surface area contributed by atoms with E-state index in [-0.39, 0.29) is 5.56 Å². The molecule has 0 aliphatic heterocycles. The molecule has 10 heteroatoms. The maximum absolute atomic E-state index is 13.5. The second kappa shape index (κ2) is 8.47. The van der Waals surface area contributed by atoms with Crippen molar-refractivity contribution in [2.45, 2.75) is 10.9 Å². The second-order valence-corrected chi connectivity index (χ2v) is 9.19. The second-order valence-electron chi connectivity index (χ2n) is 7.39. The lowest BCUT2D eigenvalue weighted by molar-refractivity contribution is 0.414. The summed E-state index contributed by atoms with van der Waals surface area (Å²) in [6.07, 6.45) is 1.64. The summed E-state index contributed by atoms with van der Waals surface area (Å²) >= 11 is 3.05. The Hall–Kier alpha value is -3.89. The number of rotatable bonds is 6. The van der Waals surface area contributed by atoms with E-state index in [0.717, 1.165) is 22.0 Å². The highest BCUT2D eigenvalue weighted by Gasteiger charge is 2.19. The van der Waals surface area contributed by atoms with Gasteiger partial charge in [-0.25, -0.2) is 9.55 Å². The third-order valence-electron chi connectivity index (χ3n) is 5.34. The SMILES string of the molecule is COc1cccc(-n2c(=O)c3ccccc3n3c(SCc4csc(-c5ccco5)n4)nnc23)c1. The number of benzene rings is 2. The Kier molecular flexibility index (Phi) is 5.16. The van der Waals surface area contributed by atoms with E-state index in [2.05, 4.69) is 15.2 Å². The Bertz CT molecular complexity index is 1680. The van der Waals surface area contributed by atoms with Crippen molar-refractivity contribution >= 4 is 39.8 Å². The summed E-state index contributed by atoms with van der Waals surface area (Å²) in [5.74, 6) is 2.45. The number of methoxy groups -OCH3 is 1. The van der Waals surface area contributed by atoms with E-state index >= 15 is 0 Å². The van der Waals surface area contributed by atoms with Crippen LogP contribution in [0.5, 0.6) is 5.75 Å². The average molecular weight is 488 g/mol. The van der Waals surface area contributed by atoms with Crippen LogP contribution in [0.2, 0.25) is 0 Å². The van der Waals surface area contributed by atoms with Gasteiger partial charge in [-0.15, -0.1) is 21.5 Å². The highest BCUT2D eigenvalue weighted by atomic mass is 32.2. The molecule has 0 amide bonds. The van der Waals surface area contributed by atoms with Crippen LogP contribution in [-0.2, 0) is 5.75 Å². The Balaban J connectivity index is 1.45. The van der Waals surface area contributed by atoms with Gasteiger partial charge in [0, 0.05) is 17.2 Å². The van der Waals surface area contributed by atoms with E-state index < -0.39 is 0 Å². The van der Waals surface area contributed by atoms with Crippen LogP contribution in [0, 0.1) is 0 Å². The zero-order valence-corrected chi connectivity index (χ0v) is 19.5. The van der Waals surface area contributed by atoms with Crippen LogP contribution in [0.1, 0.15) is 5.69 Å². The van der Waals surface area contributed by atoms with Crippen LogP contribution in [0.15, 0.2) is 86.7 Å². The van der Waals surface area contributed by atoms with Crippen LogP contribution in [0.25, 0.3) is 33.1 Å². The summed E-state index contributed by atoms with van der Waals surface area (Å²) in [7, 11) is 1.60. The third kappa shape index (κ3) is 3.47. The zero-order valence-electron chi connectivity index (χ0n) is 17.9. The standard InChI is InChI=1S/C24H17N5O3S2/c1-31-17-7-4-6-16(12-17)28-22(30)18-8-2-3-9-19(18)29-23(28)26-27-24(29)34-14-15-13-33-21(25-15)20-10-5-11-32-20/h2-13H,14H2,1H3. The lowest BCUT2D eigenvalue weighted by Gasteiger charge is -2.12. The summed E-state index contributed by atoms with van der Waals surface area (Å²) in [6, 6.07) is 18.6. The maximum Gasteiger partial charge on any atom is 0.267 e. The first-order valence-electron chi connectivity index (χ1n) is 10.4. The lowest BCUT2D eigenvalue weighted by atomic mass is 10.2. The van der Waals surface area contributed by atoms with Crippen LogP contribution in [0.4, 0.5) is 0 Å². The zero-order chi connectivity index (χ0) is 23.1. The van der Waals surface area contributed by atoms with Crippen molar-refractivity contribution in [2.24, 2.45) is 0 Å². The fraction of sp³-hybridized carbons (Fsp3) is 0.0833. The summed E-state index contributed by atoms with van der Waals surface area (Å²) in [5, 5.41) is 12.9. The van der Waals surface area contributed by atoms with E-state index in [0.29, 0.717) is 33.5 Å². The summed E-state index contributed by atoms with van der Waals surface area (Å²) < 4.78 is 14.3. The predicted molar refractivity (Wildman–Crippen MR) is 132 cm³/mol. The molecule has 0 spiro atoms. The highest BCUT2D eigenvalue weighted by molar-refractivity contribution is 7.98. The molecule has 0 unspecified atom stereocenters. The number of aromatic nitrogens is 5. The van der Waals surface area contributed by atoms with Crippen molar-refractivity contribution in [3.05, 3.63) is 88.4 Å². The number of fused-ring (bicyclic) bond motifs is 3. The molecule has 0 fully saturated rings. The molecule has 4 heterocycles. The predicted octanol–water partition coefficient (Wildman–Crippen LogP) is 5.05. The van der Waals surface area contributed by atoms with E-state index in [1.165, 1.54) is 23.1 Å². The molecule has 8 nitrogen and oxygen atoms in total. The highest BCUT2D eigenvalue weighted by Crippen LogP contribution is 2.29. The van der Waals surface area contributed by atoms with Crippen LogP contribution < -0.4 is 10.3 Å². The van der Waals surface area contributed by atoms with Gasteiger partial charge in [-0.05, 0) is 36.4 Å². The molecular formula is C24H17N5O3S2. The van der Waals surface area contributed by atoms with Crippen molar-refractivity contribution in [1.29, 1.82) is 0 Å². The molecule has 168 valence electrons. The largest absolute Gasteiger partial charge is 0.497 e. The molecule has 0 radical (unpaired) electrons. The summed E-state index contributed by atoms with van der Waals surface area (Å²) in [4.78, 5) is 18.1. The summed E-state index contributed by atoms with van der Waals surface area (Å²) in [6.45, 7) is 0. The Labute approximate surface area is 201 Å². The molecule has 0 atom stereocenters. The van der Waals surface area contributed by atoms with Crippen LogP contribution in [0.3, 0.4) is 0 Å². The van der Waals surface area contributed by atoms with Crippen molar-refractivity contribution in [1.82, 2.24) is 24.1 Å². The number of nitrogens with zero attached hydrogens (tertiary/aromatic N) is 5. The molecule has 0 aliphatic rings. The molecule has 6 rings (SSSR count). The molecule has 0 saturated carbocycles. The molecule has 4 aromatic heterocycles. The first kappa shape index (κ1) is 20.7. The molecule has 34 heavy (non-hydrogen) atoms. The maximum atomic E-state index is 13.5. The minimum Gasteiger partial charge on any atom is -0.497 e. The van der Waals surface area contributed by atoms with E-state index in [9.17, 15) is 4.79 Å². The molecule has 0 aliphatic carbocycles. The third-order valence-corrected chi connectivity index (χ3v) is 7.21. The van der Waals surface area contributed by atoms with E-state index in [1.807, 2.05) is 70.4 Å². The van der Waals surface area contributed by atoms with Gasteiger partial charge in [0.1, 0.15) is 5.75 Å². The first-order valence-corrected chi connectivity index (χ1v) is 12.2. The van der Waals surface area contributed by atoms with Crippen molar-refractivity contribution < 1.29 is 9.15 Å². The van der Waals surface area contributed by atoms with Gasteiger partial charge < -0.3 is 9.15 Å². The van der Waals surface area contributed by atoms with Gasteiger partial charge in [0.25, 0.3) is 5.56 Å². The number of furan rings is 1. The molecular weight excluding hydrogens is 470 g/mol. The monoisotopic (exact) mass is 487 g/mol. The number of thioether (sulfide) groups is 1. The van der Waals surface area contributed by atoms with Crippen molar-refractivity contribution in [3.63, 3.8) is 0 Å². The van der Waals surface area contributed by atoms with Crippen LogP contribution >= 0.6 is 23.1 Å².